The van der Waals surface area contributed by atoms with Gasteiger partial charge in [-0.2, -0.15) is 0 Å². The predicted octanol–water partition coefficient (Wildman–Crippen LogP) is 0.210. The Hall–Kier alpha value is -1.95. The van der Waals surface area contributed by atoms with Crippen molar-refractivity contribution in [1.29, 1.82) is 0 Å². The molecule has 0 spiro atoms. The highest BCUT2D eigenvalue weighted by Gasteiger charge is 2.04. The van der Waals surface area contributed by atoms with Gasteiger partial charge in [0.25, 0.3) is 0 Å². The third-order valence-corrected chi connectivity index (χ3v) is 2.63. The average Bonchev–Trinajstić information content (AvgIpc) is 2.41. The first-order valence-corrected chi connectivity index (χ1v) is 6.54. The zero-order valence-corrected chi connectivity index (χ0v) is 11.5. The zero-order chi connectivity index (χ0) is 14.8. The molecule has 0 saturated carbocycles. The van der Waals surface area contributed by atoms with Crippen LogP contribution in [0.5, 0.6) is 0 Å². The van der Waals surface area contributed by atoms with E-state index in [0.717, 1.165) is 0 Å². The van der Waals surface area contributed by atoms with E-state index in [-0.39, 0.29) is 24.1 Å². The second kappa shape index (κ2) is 9.03. The molecule has 1 aromatic rings. The number of carbonyl (C=O) groups is 2. The van der Waals surface area contributed by atoms with E-state index in [2.05, 4.69) is 16.0 Å². The van der Waals surface area contributed by atoms with Crippen LogP contribution in [0, 0.1) is 5.82 Å². The Morgan fingerprint density at radius 1 is 1.10 bits per heavy atom. The lowest BCUT2D eigenvalue weighted by Crippen LogP contribution is -2.36. The molecular formula is C14H20FN3O2. The Labute approximate surface area is 117 Å². The molecule has 110 valence electrons. The van der Waals surface area contributed by atoms with Crippen LogP contribution in [0.2, 0.25) is 0 Å². The fourth-order valence-corrected chi connectivity index (χ4v) is 1.63. The summed E-state index contributed by atoms with van der Waals surface area (Å²) in [5.74, 6) is -0.606. The molecule has 0 aliphatic rings. The number of rotatable bonds is 8. The Balaban J connectivity index is 2.16. The molecule has 2 amide bonds. The molecule has 0 heterocycles. The third-order valence-electron chi connectivity index (χ3n) is 2.63. The van der Waals surface area contributed by atoms with Crippen LogP contribution in [-0.4, -0.2) is 38.5 Å². The Kier molecular flexibility index (Phi) is 7.27. The molecule has 0 unspecified atom stereocenters. The lowest BCUT2D eigenvalue weighted by Gasteiger charge is -2.07. The zero-order valence-electron chi connectivity index (χ0n) is 11.5. The van der Waals surface area contributed by atoms with Crippen molar-refractivity contribution in [1.82, 2.24) is 16.0 Å². The molecule has 3 N–H and O–H groups in total. The summed E-state index contributed by atoms with van der Waals surface area (Å²) in [7, 11) is 1.78. The molecule has 0 aromatic heterocycles. The van der Waals surface area contributed by atoms with Gasteiger partial charge >= 0.3 is 0 Å². The van der Waals surface area contributed by atoms with Crippen LogP contribution >= 0.6 is 0 Å². The summed E-state index contributed by atoms with van der Waals surface area (Å²) in [6.07, 6.45) is 0.541. The Morgan fingerprint density at radius 3 is 2.45 bits per heavy atom. The van der Waals surface area contributed by atoms with Gasteiger partial charge in [-0.1, -0.05) is 12.1 Å². The van der Waals surface area contributed by atoms with E-state index in [1.807, 2.05) is 0 Å². The SMILES string of the molecule is CNCCC(=O)NCCNC(=O)Cc1cccc(F)c1. The first-order chi connectivity index (χ1) is 9.61. The Morgan fingerprint density at radius 2 is 1.80 bits per heavy atom. The summed E-state index contributed by atoms with van der Waals surface area (Å²) in [5, 5.41) is 8.24. The van der Waals surface area contributed by atoms with E-state index in [9.17, 15) is 14.0 Å². The number of hydrogen-bond donors (Lipinski definition) is 3. The number of amides is 2. The van der Waals surface area contributed by atoms with Crippen molar-refractivity contribution in [3.8, 4) is 0 Å². The van der Waals surface area contributed by atoms with Crippen LogP contribution in [0.25, 0.3) is 0 Å². The van der Waals surface area contributed by atoms with Gasteiger partial charge in [-0.05, 0) is 24.7 Å². The summed E-state index contributed by atoms with van der Waals surface area (Å²) in [6.45, 7) is 1.37. The summed E-state index contributed by atoms with van der Waals surface area (Å²) < 4.78 is 12.9. The standard InChI is InChI=1S/C14H20FN3O2/c1-16-6-5-13(19)17-7-8-18-14(20)10-11-3-2-4-12(15)9-11/h2-4,9,16H,5-8,10H2,1H3,(H,17,19)(H,18,20). The summed E-state index contributed by atoms with van der Waals surface area (Å²) in [6, 6.07) is 5.93. The minimum absolute atomic E-state index is 0.0567. The minimum Gasteiger partial charge on any atom is -0.354 e. The van der Waals surface area contributed by atoms with E-state index >= 15 is 0 Å². The first-order valence-electron chi connectivity index (χ1n) is 6.54. The van der Waals surface area contributed by atoms with Crippen LogP contribution in [0.4, 0.5) is 4.39 Å². The van der Waals surface area contributed by atoms with Gasteiger partial charge in [0.1, 0.15) is 5.82 Å². The van der Waals surface area contributed by atoms with Gasteiger partial charge in [-0.3, -0.25) is 9.59 Å². The monoisotopic (exact) mass is 281 g/mol. The maximum atomic E-state index is 12.9. The van der Waals surface area contributed by atoms with Crippen LogP contribution in [0.3, 0.4) is 0 Å². The van der Waals surface area contributed by atoms with Gasteiger partial charge in [-0.15, -0.1) is 0 Å². The van der Waals surface area contributed by atoms with Crippen molar-refractivity contribution in [3.63, 3.8) is 0 Å². The van der Waals surface area contributed by atoms with Crippen molar-refractivity contribution >= 4 is 11.8 Å². The van der Waals surface area contributed by atoms with Crippen molar-refractivity contribution in [3.05, 3.63) is 35.6 Å². The van der Waals surface area contributed by atoms with Crippen molar-refractivity contribution < 1.29 is 14.0 Å². The smallest absolute Gasteiger partial charge is 0.224 e. The third kappa shape index (κ3) is 6.84. The summed E-state index contributed by atoms with van der Waals surface area (Å²) in [4.78, 5) is 22.9. The molecule has 0 atom stereocenters. The van der Waals surface area contributed by atoms with Crippen LogP contribution in [0.1, 0.15) is 12.0 Å². The molecule has 0 aliphatic carbocycles. The Bertz CT molecular complexity index is 452. The van der Waals surface area contributed by atoms with Crippen molar-refractivity contribution in [2.75, 3.05) is 26.7 Å². The number of carbonyl (C=O) groups excluding carboxylic acids is 2. The molecule has 1 rings (SSSR count). The first kappa shape index (κ1) is 16.1. The van der Waals surface area contributed by atoms with Gasteiger partial charge in [0.2, 0.25) is 11.8 Å². The largest absolute Gasteiger partial charge is 0.354 e. The van der Waals surface area contributed by atoms with Crippen molar-refractivity contribution in [2.24, 2.45) is 0 Å². The fourth-order valence-electron chi connectivity index (χ4n) is 1.63. The normalized spacial score (nSPS) is 10.1. The predicted molar refractivity (Wildman–Crippen MR) is 74.7 cm³/mol. The van der Waals surface area contributed by atoms with Crippen molar-refractivity contribution in [2.45, 2.75) is 12.8 Å². The fraction of sp³-hybridized carbons (Fsp3) is 0.429. The van der Waals surface area contributed by atoms with Gasteiger partial charge in [-0.25, -0.2) is 4.39 Å². The number of halogens is 1. The molecule has 20 heavy (non-hydrogen) atoms. The molecular weight excluding hydrogens is 261 g/mol. The molecule has 0 aliphatic heterocycles. The number of hydrogen-bond acceptors (Lipinski definition) is 3. The molecule has 1 aromatic carbocycles. The molecule has 0 radical (unpaired) electrons. The van der Waals surface area contributed by atoms with Gasteiger partial charge < -0.3 is 16.0 Å². The molecule has 0 saturated heterocycles. The maximum Gasteiger partial charge on any atom is 0.224 e. The molecule has 5 nitrogen and oxygen atoms in total. The second-order valence-electron chi connectivity index (χ2n) is 4.36. The quantitative estimate of drug-likeness (QED) is 0.597. The second-order valence-corrected chi connectivity index (χ2v) is 4.36. The van der Waals surface area contributed by atoms with Crippen LogP contribution < -0.4 is 16.0 Å². The van der Waals surface area contributed by atoms with E-state index in [4.69, 9.17) is 0 Å². The van der Waals surface area contributed by atoms with Gasteiger partial charge in [0.15, 0.2) is 0 Å². The molecule has 0 fully saturated rings. The topological polar surface area (TPSA) is 70.2 Å². The van der Waals surface area contributed by atoms with Gasteiger partial charge in [0, 0.05) is 26.1 Å². The van der Waals surface area contributed by atoms with Gasteiger partial charge in [0.05, 0.1) is 6.42 Å². The van der Waals surface area contributed by atoms with E-state index in [1.54, 1.807) is 19.2 Å². The van der Waals surface area contributed by atoms with Crippen LogP contribution in [-0.2, 0) is 16.0 Å². The average molecular weight is 281 g/mol. The lowest BCUT2D eigenvalue weighted by atomic mass is 10.1. The lowest BCUT2D eigenvalue weighted by molar-refractivity contribution is -0.122. The molecule has 6 heteroatoms. The van der Waals surface area contributed by atoms with Crippen LogP contribution in [0.15, 0.2) is 24.3 Å². The number of benzene rings is 1. The maximum absolute atomic E-state index is 12.9. The highest BCUT2D eigenvalue weighted by atomic mass is 19.1. The van der Waals surface area contributed by atoms with E-state index in [0.29, 0.717) is 31.6 Å². The highest BCUT2D eigenvalue weighted by Crippen LogP contribution is 2.03. The summed E-state index contributed by atoms with van der Waals surface area (Å²) >= 11 is 0. The molecule has 0 bridgehead atoms. The van der Waals surface area contributed by atoms with E-state index in [1.165, 1.54) is 12.1 Å². The highest BCUT2D eigenvalue weighted by molar-refractivity contribution is 5.79. The minimum atomic E-state index is -0.355. The van der Waals surface area contributed by atoms with E-state index < -0.39 is 0 Å². The number of nitrogens with one attached hydrogen (secondary N) is 3. The summed E-state index contributed by atoms with van der Waals surface area (Å²) in [5.41, 5.74) is 0.626.